The zero-order chi connectivity index (χ0) is 15.0. The second kappa shape index (κ2) is 5.05. The third-order valence-electron chi connectivity index (χ3n) is 3.80. The number of rotatable bonds is 2. The molecule has 2 aromatic carbocycles. The highest BCUT2D eigenvalue weighted by atomic mass is 16.3. The van der Waals surface area contributed by atoms with Gasteiger partial charge in [-0.05, 0) is 24.1 Å². The molecule has 0 spiro atoms. The molecule has 0 radical (unpaired) electrons. The minimum absolute atomic E-state index is 0.0799. The highest BCUT2D eigenvalue weighted by molar-refractivity contribution is 6.22. The number of carbonyl (C=O) groups is 2. The highest BCUT2D eigenvalue weighted by Crippen LogP contribution is 2.34. The van der Waals surface area contributed by atoms with Crippen molar-refractivity contribution < 1.29 is 14.7 Å². The number of aryl methyl sites for hydroxylation is 1. The Kier molecular flexibility index (Phi) is 3.22. The lowest BCUT2D eigenvalue weighted by molar-refractivity contribution is -0.121. The standard InChI is InChI=1S/C17H15NO3/c1-11-7-8-13(9-15(11)19)18-16(20)10-14(17(18)21)12-5-3-2-4-6-12/h2-9,14,19H,10H2,1H3. The van der Waals surface area contributed by atoms with Crippen LogP contribution in [0, 0.1) is 6.92 Å². The lowest BCUT2D eigenvalue weighted by Gasteiger charge is -2.16. The van der Waals surface area contributed by atoms with Gasteiger partial charge in [-0.3, -0.25) is 9.59 Å². The summed E-state index contributed by atoms with van der Waals surface area (Å²) in [6.07, 6.45) is 0.164. The van der Waals surface area contributed by atoms with E-state index in [1.165, 1.54) is 6.07 Å². The second-order valence-corrected chi connectivity index (χ2v) is 5.21. The van der Waals surface area contributed by atoms with Crippen molar-refractivity contribution in [3.05, 3.63) is 59.7 Å². The number of phenols is 1. The molecule has 1 fully saturated rings. The molecule has 0 bridgehead atoms. The Labute approximate surface area is 122 Å². The summed E-state index contributed by atoms with van der Waals surface area (Å²) in [6.45, 7) is 1.76. The van der Waals surface area contributed by atoms with Gasteiger partial charge in [-0.15, -0.1) is 0 Å². The Morgan fingerprint density at radius 1 is 1.10 bits per heavy atom. The van der Waals surface area contributed by atoms with E-state index in [4.69, 9.17) is 0 Å². The van der Waals surface area contributed by atoms with Gasteiger partial charge in [0.1, 0.15) is 5.75 Å². The number of hydrogen-bond donors (Lipinski definition) is 1. The SMILES string of the molecule is Cc1ccc(N2C(=O)CC(c3ccccc3)C2=O)cc1O. The zero-order valence-electron chi connectivity index (χ0n) is 11.6. The smallest absolute Gasteiger partial charge is 0.241 e. The summed E-state index contributed by atoms with van der Waals surface area (Å²) in [7, 11) is 0. The fourth-order valence-electron chi connectivity index (χ4n) is 2.59. The van der Waals surface area contributed by atoms with Gasteiger partial charge >= 0.3 is 0 Å². The maximum Gasteiger partial charge on any atom is 0.241 e. The number of benzene rings is 2. The van der Waals surface area contributed by atoms with E-state index in [-0.39, 0.29) is 24.0 Å². The molecule has 1 N–H and O–H groups in total. The molecule has 1 atom stereocenters. The van der Waals surface area contributed by atoms with E-state index in [0.717, 1.165) is 10.5 Å². The molecule has 1 aliphatic rings. The molecule has 21 heavy (non-hydrogen) atoms. The van der Waals surface area contributed by atoms with Crippen LogP contribution in [0.5, 0.6) is 5.75 Å². The van der Waals surface area contributed by atoms with Gasteiger partial charge in [0, 0.05) is 12.5 Å². The van der Waals surface area contributed by atoms with Crippen LogP contribution >= 0.6 is 0 Å². The van der Waals surface area contributed by atoms with Gasteiger partial charge in [-0.25, -0.2) is 4.90 Å². The maximum atomic E-state index is 12.5. The molecule has 4 heteroatoms. The predicted octanol–water partition coefficient (Wildman–Crippen LogP) is 2.75. The first kappa shape index (κ1) is 13.4. The first-order valence-electron chi connectivity index (χ1n) is 6.79. The normalized spacial score (nSPS) is 18.3. The lowest BCUT2D eigenvalue weighted by atomic mass is 9.98. The predicted molar refractivity (Wildman–Crippen MR) is 79.1 cm³/mol. The molecular formula is C17H15NO3. The number of imide groups is 1. The Balaban J connectivity index is 1.96. The molecule has 1 unspecified atom stereocenters. The van der Waals surface area contributed by atoms with E-state index < -0.39 is 5.92 Å². The summed E-state index contributed by atoms with van der Waals surface area (Å²) >= 11 is 0. The molecule has 4 nitrogen and oxygen atoms in total. The van der Waals surface area contributed by atoms with Crippen molar-refractivity contribution in [1.82, 2.24) is 0 Å². The monoisotopic (exact) mass is 281 g/mol. The summed E-state index contributed by atoms with van der Waals surface area (Å²) in [5.41, 5.74) is 1.97. The summed E-state index contributed by atoms with van der Waals surface area (Å²) in [6, 6.07) is 14.1. The average Bonchev–Trinajstić information content (AvgIpc) is 2.78. The van der Waals surface area contributed by atoms with Crippen LogP contribution in [-0.2, 0) is 9.59 Å². The minimum atomic E-state index is -0.442. The molecule has 1 aliphatic heterocycles. The van der Waals surface area contributed by atoms with Gasteiger partial charge < -0.3 is 5.11 Å². The van der Waals surface area contributed by atoms with E-state index >= 15 is 0 Å². The van der Waals surface area contributed by atoms with Crippen molar-refractivity contribution in [1.29, 1.82) is 0 Å². The van der Waals surface area contributed by atoms with Crippen LogP contribution in [0.25, 0.3) is 0 Å². The van der Waals surface area contributed by atoms with Crippen LogP contribution in [0.15, 0.2) is 48.5 Å². The van der Waals surface area contributed by atoms with E-state index in [9.17, 15) is 14.7 Å². The van der Waals surface area contributed by atoms with Gasteiger partial charge in [0.15, 0.2) is 0 Å². The number of nitrogens with zero attached hydrogens (tertiary/aromatic N) is 1. The third kappa shape index (κ3) is 2.29. The summed E-state index contributed by atoms with van der Waals surface area (Å²) in [5, 5.41) is 9.77. The first-order valence-corrected chi connectivity index (χ1v) is 6.79. The topological polar surface area (TPSA) is 57.6 Å². The van der Waals surface area contributed by atoms with Crippen molar-refractivity contribution in [2.75, 3.05) is 4.90 Å². The molecule has 0 saturated carbocycles. The van der Waals surface area contributed by atoms with Gasteiger partial charge in [-0.2, -0.15) is 0 Å². The number of amides is 2. The molecule has 1 saturated heterocycles. The highest BCUT2D eigenvalue weighted by Gasteiger charge is 2.40. The van der Waals surface area contributed by atoms with Crippen LogP contribution in [0.2, 0.25) is 0 Å². The third-order valence-corrected chi connectivity index (χ3v) is 3.80. The van der Waals surface area contributed by atoms with Crippen LogP contribution in [0.4, 0.5) is 5.69 Å². The zero-order valence-corrected chi connectivity index (χ0v) is 11.6. The molecule has 106 valence electrons. The van der Waals surface area contributed by atoms with Crippen LogP contribution in [0.1, 0.15) is 23.5 Å². The molecule has 3 rings (SSSR count). The Hall–Kier alpha value is -2.62. The maximum absolute atomic E-state index is 12.5. The average molecular weight is 281 g/mol. The van der Waals surface area contributed by atoms with Gasteiger partial charge in [0.2, 0.25) is 11.8 Å². The van der Waals surface area contributed by atoms with Crippen molar-refractivity contribution in [3.8, 4) is 5.75 Å². The van der Waals surface area contributed by atoms with Crippen LogP contribution in [-0.4, -0.2) is 16.9 Å². The number of hydrogen-bond acceptors (Lipinski definition) is 3. The van der Waals surface area contributed by atoms with Gasteiger partial charge in [0.25, 0.3) is 0 Å². The summed E-state index contributed by atoms with van der Waals surface area (Å²) in [4.78, 5) is 25.9. The summed E-state index contributed by atoms with van der Waals surface area (Å²) in [5.74, 6) is -0.843. The van der Waals surface area contributed by atoms with Crippen molar-refractivity contribution >= 4 is 17.5 Å². The molecule has 2 aromatic rings. The quantitative estimate of drug-likeness (QED) is 0.861. The number of carbonyl (C=O) groups excluding carboxylic acids is 2. The van der Waals surface area contributed by atoms with Crippen molar-refractivity contribution in [2.45, 2.75) is 19.3 Å². The largest absolute Gasteiger partial charge is 0.508 e. The molecule has 0 aliphatic carbocycles. The molecule has 2 amide bonds. The Bertz CT molecular complexity index is 709. The fraction of sp³-hybridized carbons (Fsp3) is 0.176. The molecule has 0 aromatic heterocycles. The van der Waals surface area contributed by atoms with E-state index in [2.05, 4.69) is 0 Å². The molecular weight excluding hydrogens is 266 g/mol. The minimum Gasteiger partial charge on any atom is -0.508 e. The van der Waals surface area contributed by atoms with Crippen molar-refractivity contribution in [2.24, 2.45) is 0 Å². The van der Waals surface area contributed by atoms with Crippen LogP contribution < -0.4 is 4.90 Å². The van der Waals surface area contributed by atoms with E-state index in [0.29, 0.717) is 11.3 Å². The Morgan fingerprint density at radius 2 is 1.81 bits per heavy atom. The lowest BCUT2D eigenvalue weighted by Crippen LogP contribution is -2.29. The summed E-state index contributed by atoms with van der Waals surface area (Å²) < 4.78 is 0. The van der Waals surface area contributed by atoms with E-state index in [1.54, 1.807) is 19.1 Å². The number of phenolic OH excluding ortho intramolecular Hbond substituents is 1. The van der Waals surface area contributed by atoms with Gasteiger partial charge in [-0.1, -0.05) is 36.4 Å². The first-order chi connectivity index (χ1) is 10.1. The number of aromatic hydroxyl groups is 1. The number of anilines is 1. The van der Waals surface area contributed by atoms with E-state index in [1.807, 2.05) is 30.3 Å². The fourth-order valence-corrected chi connectivity index (χ4v) is 2.59. The molecule has 1 heterocycles. The van der Waals surface area contributed by atoms with Crippen LogP contribution in [0.3, 0.4) is 0 Å². The van der Waals surface area contributed by atoms with Gasteiger partial charge in [0.05, 0.1) is 11.6 Å². The second-order valence-electron chi connectivity index (χ2n) is 5.21. The Morgan fingerprint density at radius 3 is 2.48 bits per heavy atom. The van der Waals surface area contributed by atoms with Crippen molar-refractivity contribution in [3.63, 3.8) is 0 Å².